The van der Waals surface area contributed by atoms with E-state index in [2.05, 4.69) is 15.7 Å². The van der Waals surface area contributed by atoms with Crippen LogP contribution in [0.5, 0.6) is 0 Å². The predicted octanol–water partition coefficient (Wildman–Crippen LogP) is 2.54. The minimum absolute atomic E-state index is 0.00782. The number of nitrogens with one attached hydrogen (secondary N) is 1. The summed E-state index contributed by atoms with van der Waals surface area (Å²) in [7, 11) is 0. The molecule has 0 saturated carbocycles. The van der Waals surface area contributed by atoms with E-state index < -0.39 is 0 Å². The molecule has 1 aliphatic heterocycles. The van der Waals surface area contributed by atoms with Crippen molar-refractivity contribution in [2.45, 2.75) is 32.2 Å². The average Bonchev–Trinajstić information content (AvgIpc) is 3.18. The lowest BCUT2D eigenvalue weighted by atomic mass is 10.0. The number of likely N-dealkylation sites (tertiary alicyclic amines) is 1. The number of thiazole rings is 1. The highest BCUT2D eigenvalue weighted by atomic mass is 32.1. The molecule has 0 unspecified atom stereocenters. The maximum atomic E-state index is 12.2. The third-order valence-corrected chi connectivity index (χ3v) is 5.59. The fraction of sp³-hybridized carbons (Fsp3) is 0.438. The number of carbonyl (C=O) groups excluding carboxylic acids is 2. The largest absolute Gasteiger partial charge is 0.353 e. The first kappa shape index (κ1) is 16.1. The van der Waals surface area contributed by atoms with E-state index in [4.69, 9.17) is 0 Å². The van der Waals surface area contributed by atoms with Crippen LogP contribution in [0.1, 0.15) is 25.5 Å². The van der Waals surface area contributed by atoms with E-state index in [1.807, 2.05) is 21.7 Å². The SMILES string of the molecule is CC(=O)N1CCC(NC(=O)Cc2csc(-c3ccsc3)n2)CC1. The Morgan fingerprint density at radius 3 is 2.78 bits per heavy atom. The van der Waals surface area contributed by atoms with Gasteiger partial charge in [0.1, 0.15) is 5.01 Å². The van der Waals surface area contributed by atoms with Crippen molar-refractivity contribution in [1.82, 2.24) is 15.2 Å². The summed E-state index contributed by atoms with van der Waals surface area (Å²) < 4.78 is 0. The first-order valence-corrected chi connectivity index (χ1v) is 9.46. The minimum Gasteiger partial charge on any atom is -0.353 e. The van der Waals surface area contributed by atoms with Crippen LogP contribution < -0.4 is 5.32 Å². The van der Waals surface area contributed by atoms with E-state index >= 15 is 0 Å². The van der Waals surface area contributed by atoms with Gasteiger partial charge in [-0.15, -0.1) is 11.3 Å². The van der Waals surface area contributed by atoms with Crippen LogP contribution in [0.15, 0.2) is 22.2 Å². The van der Waals surface area contributed by atoms with Gasteiger partial charge < -0.3 is 10.2 Å². The van der Waals surface area contributed by atoms with Crippen molar-refractivity contribution < 1.29 is 9.59 Å². The second-order valence-corrected chi connectivity index (χ2v) is 7.32. The molecular weight excluding hydrogens is 330 g/mol. The Bertz CT molecular complexity index is 673. The van der Waals surface area contributed by atoms with Crippen LogP contribution in [0.3, 0.4) is 0 Å². The van der Waals surface area contributed by atoms with Crippen molar-refractivity contribution in [1.29, 1.82) is 0 Å². The third kappa shape index (κ3) is 4.17. The smallest absolute Gasteiger partial charge is 0.226 e. The molecule has 1 fully saturated rings. The number of amides is 2. The van der Waals surface area contributed by atoms with E-state index in [0.717, 1.165) is 42.2 Å². The lowest BCUT2D eigenvalue weighted by molar-refractivity contribution is -0.130. The van der Waals surface area contributed by atoms with Gasteiger partial charge in [-0.05, 0) is 24.3 Å². The molecule has 3 rings (SSSR count). The van der Waals surface area contributed by atoms with Crippen LogP contribution in [0.4, 0.5) is 0 Å². The summed E-state index contributed by atoms with van der Waals surface area (Å²) in [5, 5.41) is 10.1. The van der Waals surface area contributed by atoms with Gasteiger partial charge in [0, 0.05) is 42.4 Å². The molecule has 23 heavy (non-hydrogen) atoms. The highest BCUT2D eigenvalue weighted by Crippen LogP contribution is 2.25. The Labute approximate surface area is 143 Å². The number of nitrogens with zero attached hydrogens (tertiary/aromatic N) is 2. The molecule has 0 spiro atoms. The van der Waals surface area contributed by atoms with E-state index in [-0.39, 0.29) is 17.9 Å². The van der Waals surface area contributed by atoms with Gasteiger partial charge in [0.15, 0.2) is 0 Å². The number of carbonyl (C=O) groups is 2. The summed E-state index contributed by atoms with van der Waals surface area (Å²) in [6.45, 7) is 3.03. The maximum Gasteiger partial charge on any atom is 0.226 e. The summed E-state index contributed by atoms with van der Waals surface area (Å²) in [4.78, 5) is 29.8. The van der Waals surface area contributed by atoms with Gasteiger partial charge >= 0.3 is 0 Å². The average molecular weight is 349 g/mol. The summed E-state index contributed by atoms with van der Waals surface area (Å²) in [5.41, 5.74) is 1.93. The van der Waals surface area contributed by atoms with Crippen molar-refractivity contribution in [2.24, 2.45) is 0 Å². The summed E-state index contributed by atoms with van der Waals surface area (Å²) >= 11 is 3.21. The van der Waals surface area contributed by atoms with Gasteiger partial charge in [0.05, 0.1) is 12.1 Å². The highest BCUT2D eigenvalue weighted by Gasteiger charge is 2.22. The number of hydrogen-bond donors (Lipinski definition) is 1. The van der Waals surface area contributed by atoms with E-state index in [1.54, 1.807) is 29.6 Å². The van der Waals surface area contributed by atoms with Crippen LogP contribution in [0, 0.1) is 0 Å². The molecule has 1 N–H and O–H groups in total. The molecule has 0 aliphatic carbocycles. The fourth-order valence-electron chi connectivity index (χ4n) is 2.69. The molecule has 0 atom stereocenters. The fourth-order valence-corrected chi connectivity index (χ4v) is 4.22. The molecule has 1 saturated heterocycles. The van der Waals surface area contributed by atoms with Gasteiger partial charge in [-0.25, -0.2) is 4.98 Å². The number of hydrogen-bond acceptors (Lipinski definition) is 5. The molecule has 2 aromatic heterocycles. The lowest BCUT2D eigenvalue weighted by Crippen LogP contribution is -2.46. The molecule has 3 heterocycles. The second kappa shape index (κ2) is 7.23. The standard InChI is InChI=1S/C16H19N3O2S2/c1-11(20)19-5-2-13(3-6-19)17-15(21)8-14-10-23-16(18-14)12-4-7-22-9-12/h4,7,9-10,13H,2-3,5-6,8H2,1H3,(H,17,21). The van der Waals surface area contributed by atoms with Crippen LogP contribution in [0.2, 0.25) is 0 Å². The minimum atomic E-state index is 0.00782. The van der Waals surface area contributed by atoms with Gasteiger partial charge in [-0.2, -0.15) is 11.3 Å². The number of piperidine rings is 1. The number of rotatable bonds is 4. The van der Waals surface area contributed by atoms with Gasteiger partial charge in [0.25, 0.3) is 0 Å². The molecule has 0 bridgehead atoms. The van der Waals surface area contributed by atoms with Gasteiger partial charge in [-0.1, -0.05) is 0 Å². The quantitative estimate of drug-likeness (QED) is 0.923. The Balaban J connectivity index is 1.49. The molecule has 122 valence electrons. The third-order valence-electron chi connectivity index (χ3n) is 3.97. The zero-order chi connectivity index (χ0) is 16.2. The Morgan fingerprint density at radius 2 is 2.13 bits per heavy atom. The normalized spacial score (nSPS) is 15.6. The molecule has 0 aromatic carbocycles. The Morgan fingerprint density at radius 1 is 1.35 bits per heavy atom. The molecule has 1 aliphatic rings. The number of aromatic nitrogens is 1. The second-order valence-electron chi connectivity index (χ2n) is 5.68. The van der Waals surface area contributed by atoms with Crippen LogP contribution >= 0.6 is 22.7 Å². The van der Waals surface area contributed by atoms with Crippen molar-refractivity contribution in [3.8, 4) is 10.6 Å². The van der Waals surface area contributed by atoms with E-state index in [9.17, 15) is 9.59 Å². The topological polar surface area (TPSA) is 62.3 Å². The van der Waals surface area contributed by atoms with Crippen molar-refractivity contribution in [3.05, 3.63) is 27.9 Å². The molecule has 2 aromatic rings. The van der Waals surface area contributed by atoms with E-state index in [0.29, 0.717) is 6.42 Å². The summed E-state index contributed by atoms with van der Waals surface area (Å²) in [6, 6.07) is 2.20. The zero-order valence-corrected chi connectivity index (χ0v) is 14.6. The lowest BCUT2D eigenvalue weighted by Gasteiger charge is -2.31. The maximum absolute atomic E-state index is 12.2. The molecule has 7 heteroatoms. The van der Waals surface area contributed by atoms with Crippen LogP contribution in [-0.2, 0) is 16.0 Å². The van der Waals surface area contributed by atoms with Crippen LogP contribution in [0.25, 0.3) is 10.6 Å². The summed E-state index contributed by atoms with van der Waals surface area (Å²) in [6.07, 6.45) is 1.96. The number of thiophene rings is 1. The monoisotopic (exact) mass is 349 g/mol. The van der Waals surface area contributed by atoms with Gasteiger partial charge in [0.2, 0.25) is 11.8 Å². The molecule has 0 radical (unpaired) electrons. The van der Waals surface area contributed by atoms with Crippen molar-refractivity contribution in [3.63, 3.8) is 0 Å². The first-order chi connectivity index (χ1) is 11.1. The molecular formula is C16H19N3O2S2. The Kier molecular flexibility index (Phi) is 5.07. The summed E-state index contributed by atoms with van der Waals surface area (Å²) in [5.74, 6) is 0.117. The van der Waals surface area contributed by atoms with Crippen LogP contribution in [-0.4, -0.2) is 40.8 Å². The molecule has 2 amide bonds. The molecule has 5 nitrogen and oxygen atoms in total. The Hall–Kier alpha value is -1.73. The predicted molar refractivity (Wildman–Crippen MR) is 92.5 cm³/mol. The highest BCUT2D eigenvalue weighted by molar-refractivity contribution is 7.14. The van der Waals surface area contributed by atoms with E-state index in [1.165, 1.54) is 0 Å². The van der Waals surface area contributed by atoms with Crippen molar-refractivity contribution >= 4 is 34.5 Å². The van der Waals surface area contributed by atoms with Crippen molar-refractivity contribution in [2.75, 3.05) is 13.1 Å². The first-order valence-electron chi connectivity index (χ1n) is 7.63. The van der Waals surface area contributed by atoms with Gasteiger partial charge in [-0.3, -0.25) is 9.59 Å². The zero-order valence-electron chi connectivity index (χ0n) is 12.9.